The van der Waals surface area contributed by atoms with Crippen molar-refractivity contribution in [1.82, 2.24) is 20.0 Å². The fourth-order valence-electron chi connectivity index (χ4n) is 5.93. The zero-order valence-electron chi connectivity index (χ0n) is 20.5. The zero-order valence-corrected chi connectivity index (χ0v) is 20.5. The monoisotopic (exact) mass is 493 g/mol. The predicted octanol–water partition coefficient (Wildman–Crippen LogP) is 1.12. The minimum atomic E-state index is -1.44. The molecule has 4 heterocycles. The van der Waals surface area contributed by atoms with Crippen LogP contribution in [0.3, 0.4) is 0 Å². The van der Waals surface area contributed by atoms with Gasteiger partial charge in [-0.25, -0.2) is 9.59 Å². The number of imide groups is 4. The molecule has 0 aromatic heterocycles. The molecule has 3 fully saturated rings. The summed E-state index contributed by atoms with van der Waals surface area (Å²) in [5, 5.41) is 2.19. The molecule has 1 aromatic rings. The van der Waals surface area contributed by atoms with Gasteiger partial charge in [-0.05, 0) is 62.4 Å². The van der Waals surface area contributed by atoms with Crippen LogP contribution in [0.5, 0.6) is 0 Å². The van der Waals surface area contributed by atoms with E-state index in [0.717, 1.165) is 26.8 Å². The average molecular weight is 494 g/mol. The Hall–Kier alpha value is -4.02. The van der Waals surface area contributed by atoms with Crippen molar-refractivity contribution in [3.05, 3.63) is 34.9 Å². The third kappa shape index (κ3) is 3.11. The molecule has 0 bridgehead atoms. The molecule has 36 heavy (non-hydrogen) atoms. The molecule has 1 atom stereocenters. The summed E-state index contributed by atoms with van der Waals surface area (Å²) < 4.78 is 0. The number of amides is 8. The minimum Gasteiger partial charge on any atom is -0.367 e. The molecule has 0 radical (unpaired) electrons. The van der Waals surface area contributed by atoms with Gasteiger partial charge in [0.05, 0.1) is 6.04 Å². The van der Waals surface area contributed by atoms with Crippen LogP contribution in [0.4, 0.5) is 15.3 Å². The maximum atomic E-state index is 13.5. The molecule has 3 saturated heterocycles. The number of carbonyl (C=O) groups is 6. The second kappa shape index (κ2) is 8.00. The Bertz CT molecular complexity index is 1260. The fraction of sp³-hybridized carbons (Fsp3) is 0.440. The van der Waals surface area contributed by atoms with Crippen molar-refractivity contribution < 1.29 is 28.8 Å². The van der Waals surface area contributed by atoms with E-state index in [1.807, 2.05) is 6.07 Å². The molecule has 4 aliphatic rings. The smallest absolute Gasteiger partial charge is 0.332 e. The Morgan fingerprint density at radius 3 is 2.33 bits per heavy atom. The second-order valence-electron chi connectivity index (χ2n) is 9.98. The highest BCUT2D eigenvalue weighted by Crippen LogP contribution is 2.49. The molecule has 4 aliphatic heterocycles. The van der Waals surface area contributed by atoms with Crippen LogP contribution in [0.1, 0.15) is 37.8 Å². The van der Waals surface area contributed by atoms with Gasteiger partial charge in [-0.1, -0.05) is 6.07 Å². The number of barbiturate groups is 2. The largest absolute Gasteiger partial charge is 0.367 e. The third-order valence-electron chi connectivity index (χ3n) is 7.61. The van der Waals surface area contributed by atoms with Gasteiger partial charge in [0.1, 0.15) is 5.57 Å². The van der Waals surface area contributed by atoms with Gasteiger partial charge < -0.3 is 4.90 Å². The maximum Gasteiger partial charge on any atom is 0.332 e. The Balaban J connectivity index is 1.59. The number of hydrogen-bond donors (Lipinski definition) is 1. The van der Waals surface area contributed by atoms with Crippen molar-refractivity contribution in [2.45, 2.75) is 45.2 Å². The Morgan fingerprint density at radius 1 is 1.03 bits per heavy atom. The molecule has 0 aliphatic carbocycles. The molecular formula is C25H27N5O6. The summed E-state index contributed by atoms with van der Waals surface area (Å²) in [6.07, 6.45) is 2.95. The lowest BCUT2D eigenvalue weighted by Crippen LogP contribution is -2.70. The topological polar surface area (TPSA) is 127 Å². The Morgan fingerprint density at radius 2 is 1.69 bits per heavy atom. The summed E-state index contributed by atoms with van der Waals surface area (Å²) in [6, 6.07) is 3.15. The van der Waals surface area contributed by atoms with Crippen molar-refractivity contribution >= 4 is 47.5 Å². The van der Waals surface area contributed by atoms with E-state index < -0.39 is 47.1 Å². The van der Waals surface area contributed by atoms with E-state index >= 15 is 0 Å². The van der Waals surface area contributed by atoms with Crippen LogP contribution in [0.25, 0.3) is 6.08 Å². The summed E-state index contributed by atoms with van der Waals surface area (Å²) in [5.74, 6) is -2.51. The lowest BCUT2D eigenvalue weighted by molar-refractivity contribution is -0.159. The van der Waals surface area contributed by atoms with Crippen LogP contribution in [-0.4, -0.2) is 83.1 Å². The third-order valence-corrected chi connectivity index (χ3v) is 7.61. The van der Waals surface area contributed by atoms with Crippen molar-refractivity contribution in [1.29, 1.82) is 0 Å². The molecule has 188 valence electrons. The molecule has 11 nitrogen and oxygen atoms in total. The first kappa shape index (κ1) is 23.7. The summed E-state index contributed by atoms with van der Waals surface area (Å²) in [5.41, 5.74) is 0.493. The Labute approximate surface area is 207 Å². The number of benzene rings is 1. The van der Waals surface area contributed by atoms with E-state index in [0.29, 0.717) is 24.1 Å². The van der Waals surface area contributed by atoms with E-state index in [2.05, 4.69) is 10.2 Å². The van der Waals surface area contributed by atoms with Gasteiger partial charge in [-0.2, -0.15) is 0 Å². The SMILES string of the molecule is CC(C)N1C(=O)NC(=O)/C(=C\c2ccc3c(c2)CC2(C(=O)N(C)C(=O)N(C)C2=O)[C@@H]2CCCN32)C1=O. The zero-order chi connectivity index (χ0) is 26.1. The van der Waals surface area contributed by atoms with Gasteiger partial charge in [-0.3, -0.25) is 39.2 Å². The number of nitrogens with one attached hydrogen (secondary N) is 1. The first-order chi connectivity index (χ1) is 17.0. The van der Waals surface area contributed by atoms with Crippen LogP contribution < -0.4 is 10.2 Å². The highest BCUT2D eigenvalue weighted by atomic mass is 16.2. The van der Waals surface area contributed by atoms with Crippen LogP contribution in [-0.2, 0) is 25.6 Å². The number of rotatable bonds is 2. The van der Waals surface area contributed by atoms with Gasteiger partial charge in [-0.15, -0.1) is 0 Å². The van der Waals surface area contributed by atoms with Gasteiger partial charge in [0.2, 0.25) is 11.8 Å². The predicted molar refractivity (Wildman–Crippen MR) is 127 cm³/mol. The molecule has 11 heteroatoms. The molecule has 8 amide bonds. The number of nitrogens with zero attached hydrogens (tertiary/aromatic N) is 4. The van der Waals surface area contributed by atoms with E-state index in [1.165, 1.54) is 20.2 Å². The van der Waals surface area contributed by atoms with Crippen LogP contribution in [0.2, 0.25) is 0 Å². The van der Waals surface area contributed by atoms with Gasteiger partial charge >= 0.3 is 12.1 Å². The van der Waals surface area contributed by atoms with Gasteiger partial charge in [0.25, 0.3) is 11.8 Å². The van der Waals surface area contributed by atoms with Gasteiger partial charge in [0.15, 0.2) is 5.41 Å². The van der Waals surface area contributed by atoms with Crippen LogP contribution >= 0.6 is 0 Å². The molecule has 0 unspecified atom stereocenters. The first-order valence-electron chi connectivity index (χ1n) is 11.9. The number of urea groups is 2. The summed E-state index contributed by atoms with van der Waals surface area (Å²) in [4.78, 5) is 82.0. The molecular weight excluding hydrogens is 466 g/mol. The standard InChI is InChI=1S/C25H27N5O6/c1-13(2)30-20(32)16(19(31)26-23(30)35)11-14-7-8-17-15(10-14)12-25(18-6-5-9-29(17)18)21(33)27(3)24(36)28(4)22(25)34/h7-8,10-11,13,18H,5-6,9,12H2,1-4H3,(H,26,31,35)/b16-11+/t18-/m0/s1. The molecule has 1 aromatic carbocycles. The average Bonchev–Trinajstić information content (AvgIpc) is 3.33. The van der Waals surface area contributed by atoms with Crippen molar-refractivity contribution in [3.8, 4) is 0 Å². The van der Waals surface area contributed by atoms with E-state index in [1.54, 1.807) is 26.0 Å². The van der Waals surface area contributed by atoms with Crippen LogP contribution in [0.15, 0.2) is 23.8 Å². The van der Waals surface area contributed by atoms with Crippen molar-refractivity contribution in [2.24, 2.45) is 5.41 Å². The summed E-state index contributed by atoms with van der Waals surface area (Å²) in [6.45, 7) is 4.01. The van der Waals surface area contributed by atoms with Crippen LogP contribution in [0, 0.1) is 5.41 Å². The van der Waals surface area contributed by atoms with Crippen molar-refractivity contribution in [3.63, 3.8) is 0 Å². The number of fused-ring (bicyclic) bond motifs is 4. The highest BCUT2D eigenvalue weighted by Gasteiger charge is 2.63. The Kier molecular flexibility index (Phi) is 5.27. The molecule has 5 rings (SSSR count). The summed E-state index contributed by atoms with van der Waals surface area (Å²) in [7, 11) is 2.78. The van der Waals surface area contributed by atoms with E-state index in [4.69, 9.17) is 0 Å². The molecule has 0 saturated carbocycles. The number of carbonyl (C=O) groups excluding carboxylic acids is 6. The normalized spacial score (nSPS) is 24.8. The first-order valence-corrected chi connectivity index (χ1v) is 11.9. The minimum absolute atomic E-state index is 0.0941. The fourth-order valence-corrected chi connectivity index (χ4v) is 5.93. The molecule has 1 N–H and O–H groups in total. The van der Waals surface area contributed by atoms with Gasteiger partial charge in [0, 0.05) is 32.4 Å². The van der Waals surface area contributed by atoms with E-state index in [-0.39, 0.29) is 18.0 Å². The molecule has 1 spiro atoms. The number of hydrogen-bond acceptors (Lipinski definition) is 7. The lowest BCUT2D eigenvalue weighted by Gasteiger charge is -2.50. The lowest BCUT2D eigenvalue weighted by atomic mass is 9.68. The maximum absolute atomic E-state index is 13.5. The highest BCUT2D eigenvalue weighted by molar-refractivity contribution is 6.31. The second-order valence-corrected chi connectivity index (χ2v) is 9.98. The quantitative estimate of drug-likeness (QED) is 0.372. The van der Waals surface area contributed by atoms with E-state index in [9.17, 15) is 28.8 Å². The number of anilines is 1. The summed E-state index contributed by atoms with van der Waals surface area (Å²) >= 11 is 0. The van der Waals surface area contributed by atoms with Crippen molar-refractivity contribution in [2.75, 3.05) is 25.5 Å².